The van der Waals surface area contributed by atoms with Crippen molar-refractivity contribution in [2.75, 3.05) is 4.72 Å². The summed E-state index contributed by atoms with van der Waals surface area (Å²) < 4.78 is 28.3. The first kappa shape index (κ1) is 14.7. The number of hydrogen-bond donors (Lipinski definition) is 1. The van der Waals surface area contributed by atoms with Gasteiger partial charge in [0, 0.05) is 11.1 Å². The van der Waals surface area contributed by atoms with Crippen LogP contribution >= 0.6 is 0 Å². The van der Waals surface area contributed by atoms with Gasteiger partial charge in [-0.15, -0.1) is 0 Å². The number of nitrogens with one attached hydrogen (secondary N) is 1. The molecule has 0 atom stereocenters. The minimum absolute atomic E-state index is 0.287. The summed E-state index contributed by atoms with van der Waals surface area (Å²) in [7, 11) is -3.66. The van der Waals surface area contributed by atoms with Crippen molar-refractivity contribution in [1.29, 1.82) is 0 Å². The average Bonchev–Trinajstić information content (AvgIpc) is 2.60. The van der Waals surface area contributed by atoms with E-state index in [4.69, 9.17) is 0 Å². The van der Waals surface area contributed by atoms with Crippen molar-refractivity contribution in [3.05, 3.63) is 84.9 Å². The third-order valence-electron chi connectivity index (χ3n) is 4.02. The SMILES string of the molecule is O=S(=O)(Nc1ccccc1)c1cccc2cc3ccccc3cc12. The Hall–Kier alpha value is -2.85. The van der Waals surface area contributed by atoms with Crippen LogP contribution in [0.3, 0.4) is 0 Å². The van der Waals surface area contributed by atoms with Crippen molar-refractivity contribution in [1.82, 2.24) is 0 Å². The van der Waals surface area contributed by atoms with E-state index in [2.05, 4.69) is 4.72 Å². The second kappa shape index (κ2) is 5.65. The molecule has 0 aliphatic heterocycles. The number of hydrogen-bond acceptors (Lipinski definition) is 2. The van der Waals surface area contributed by atoms with Crippen molar-refractivity contribution in [2.45, 2.75) is 4.90 Å². The number of sulfonamides is 1. The molecule has 4 rings (SSSR count). The first-order valence-corrected chi connectivity index (χ1v) is 9.11. The standard InChI is InChI=1S/C20H15NO2S/c22-24(23,21-18-10-2-1-3-11-18)20-12-6-9-17-13-15-7-4-5-8-16(15)14-19(17)20/h1-14,21H. The van der Waals surface area contributed by atoms with Crippen LogP contribution in [0.4, 0.5) is 5.69 Å². The van der Waals surface area contributed by atoms with Crippen molar-refractivity contribution >= 4 is 37.3 Å². The van der Waals surface area contributed by atoms with E-state index in [-0.39, 0.29) is 4.90 Å². The maximum absolute atomic E-state index is 12.8. The van der Waals surface area contributed by atoms with Crippen LogP contribution in [0.1, 0.15) is 0 Å². The van der Waals surface area contributed by atoms with Gasteiger partial charge in [-0.3, -0.25) is 4.72 Å². The second-order valence-electron chi connectivity index (χ2n) is 5.65. The highest BCUT2D eigenvalue weighted by molar-refractivity contribution is 7.93. The fourth-order valence-electron chi connectivity index (χ4n) is 2.89. The quantitative estimate of drug-likeness (QED) is 0.548. The van der Waals surface area contributed by atoms with Gasteiger partial charge in [0.25, 0.3) is 10.0 Å². The first-order chi connectivity index (χ1) is 11.6. The highest BCUT2D eigenvalue weighted by Crippen LogP contribution is 2.29. The summed E-state index contributed by atoms with van der Waals surface area (Å²) in [5, 5.41) is 3.74. The molecule has 0 radical (unpaired) electrons. The molecule has 24 heavy (non-hydrogen) atoms. The van der Waals surface area contributed by atoms with Crippen molar-refractivity contribution in [3.8, 4) is 0 Å². The van der Waals surface area contributed by atoms with Crippen LogP contribution < -0.4 is 4.72 Å². The number of para-hydroxylation sites is 1. The molecule has 0 amide bonds. The Morgan fingerprint density at radius 1 is 0.625 bits per heavy atom. The molecule has 0 bridgehead atoms. The van der Waals surface area contributed by atoms with Gasteiger partial charge in [0.1, 0.15) is 0 Å². The van der Waals surface area contributed by atoms with Crippen molar-refractivity contribution in [2.24, 2.45) is 0 Å². The smallest absolute Gasteiger partial charge is 0.262 e. The predicted octanol–water partition coefficient (Wildman–Crippen LogP) is 4.79. The molecule has 4 aromatic rings. The van der Waals surface area contributed by atoms with Crippen LogP contribution in [0.5, 0.6) is 0 Å². The molecule has 0 fully saturated rings. The molecular weight excluding hydrogens is 318 g/mol. The number of rotatable bonds is 3. The molecule has 0 aromatic heterocycles. The Bertz CT molecular complexity index is 1140. The lowest BCUT2D eigenvalue weighted by atomic mass is 10.0. The lowest BCUT2D eigenvalue weighted by molar-refractivity contribution is 0.602. The summed E-state index contributed by atoms with van der Waals surface area (Å²) in [6.45, 7) is 0. The van der Waals surface area contributed by atoms with E-state index in [9.17, 15) is 8.42 Å². The lowest BCUT2D eigenvalue weighted by Crippen LogP contribution is -2.13. The van der Waals surface area contributed by atoms with Gasteiger partial charge in [0.2, 0.25) is 0 Å². The largest absolute Gasteiger partial charge is 0.280 e. The molecule has 1 N–H and O–H groups in total. The molecule has 0 aliphatic rings. The van der Waals surface area contributed by atoms with Gasteiger partial charge in [-0.1, -0.05) is 54.6 Å². The Labute approximate surface area is 140 Å². The van der Waals surface area contributed by atoms with Gasteiger partial charge in [-0.2, -0.15) is 0 Å². The van der Waals surface area contributed by atoms with Crippen molar-refractivity contribution < 1.29 is 8.42 Å². The van der Waals surface area contributed by atoms with E-state index in [0.717, 1.165) is 21.5 Å². The fourth-order valence-corrected chi connectivity index (χ4v) is 4.17. The lowest BCUT2D eigenvalue weighted by Gasteiger charge is -2.11. The average molecular weight is 333 g/mol. The summed E-state index contributed by atoms with van der Waals surface area (Å²) in [4.78, 5) is 0.287. The molecule has 0 aliphatic carbocycles. The van der Waals surface area contributed by atoms with Gasteiger partial charge in [-0.05, 0) is 46.5 Å². The number of anilines is 1. The van der Waals surface area contributed by atoms with Crippen LogP contribution in [0.25, 0.3) is 21.5 Å². The molecule has 0 heterocycles. The van der Waals surface area contributed by atoms with Gasteiger partial charge in [0.15, 0.2) is 0 Å². The highest BCUT2D eigenvalue weighted by atomic mass is 32.2. The van der Waals surface area contributed by atoms with E-state index in [1.165, 1.54) is 0 Å². The van der Waals surface area contributed by atoms with E-state index in [1.54, 1.807) is 36.4 Å². The van der Waals surface area contributed by atoms with E-state index in [1.807, 2.05) is 48.5 Å². The molecular formula is C20H15NO2S. The van der Waals surface area contributed by atoms with Gasteiger partial charge < -0.3 is 0 Å². The van der Waals surface area contributed by atoms with Gasteiger partial charge in [0.05, 0.1) is 4.90 Å². The number of fused-ring (bicyclic) bond motifs is 2. The highest BCUT2D eigenvalue weighted by Gasteiger charge is 2.17. The topological polar surface area (TPSA) is 46.2 Å². The number of benzene rings is 4. The fraction of sp³-hybridized carbons (Fsp3) is 0. The molecule has 0 spiro atoms. The Morgan fingerprint density at radius 2 is 1.25 bits per heavy atom. The first-order valence-electron chi connectivity index (χ1n) is 7.63. The summed E-state index contributed by atoms with van der Waals surface area (Å²) in [6.07, 6.45) is 0. The van der Waals surface area contributed by atoms with Crippen LogP contribution in [-0.2, 0) is 10.0 Å². The Kier molecular flexibility index (Phi) is 3.47. The zero-order chi connectivity index (χ0) is 16.6. The van der Waals surface area contributed by atoms with Crippen molar-refractivity contribution in [3.63, 3.8) is 0 Å². The second-order valence-corrected chi connectivity index (χ2v) is 7.30. The maximum Gasteiger partial charge on any atom is 0.262 e. The Morgan fingerprint density at radius 3 is 2.00 bits per heavy atom. The van der Waals surface area contributed by atoms with Crippen LogP contribution in [0, 0.1) is 0 Å². The third kappa shape index (κ3) is 2.61. The molecule has 0 saturated carbocycles. The molecule has 4 aromatic carbocycles. The zero-order valence-electron chi connectivity index (χ0n) is 12.8. The molecule has 0 unspecified atom stereocenters. The minimum atomic E-state index is -3.66. The van der Waals surface area contributed by atoms with Gasteiger partial charge >= 0.3 is 0 Å². The van der Waals surface area contributed by atoms with Gasteiger partial charge in [-0.25, -0.2) is 8.42 Å². The van der Waals surface area contributed by atoms with E-state index in [0.29, 0.717) is 5.69 Å². The van der Waals surface area contributed by atoms with Crippen LogP contribution in [0.15, 0.2) is 89.8 Å². The summed E-state index contributed by atoms with van der Waals surface area (Å²) in [5.41, 5.74) is 0.551. The summed E-state index contributed by atoms with van der Waals surface area (Å²) in [6, 6.07) is 26.2. The summed E-state index contributed by atoms with van der Waals surface area (Å²) in [5.74, 6) is 0. The summed E-state index contributed by atoms with van der Waals surface area (Å²) >= 11 is 0. The van der Waals surface area contributed by atoms with Crippen LogP contribution in [-0.4, -0.2) is 8.42 Å². The molecule has 118 valence electrons. The predicted molar refractivity (Wildman–Crippen MR) is 98.7 cm³/mol. The zero-order valence-corrected chi connectivity index (χ0v) is 13.6. The monoisotopic (exact) mass is 333 g/mol. The minimum Gasteiger partial charge on any atom is -0.280 e. The van der Waals surface area contributed by atoms with E-state index < -0.39 is 10.0 Å². The molecule has 0 saturated heterocycles. The van der Waals surface area contributed by atoms with Crippen LogP contribution in [0.2, 0.25) is 0 Å². The maximum atomic E-state index is 12.8. The molecule has 3 nitrogen and oxygen atoms in total. The Balaban J connectivity index is 1.91. The molecule has 4 heteroatoms. The normalized spacial score (nSPS) is 11.7. The third-order valence-corrected chi connectivity index (χ3v) is 5.46. The van der Waals surface area contributed by atoms with E-state index >= 15 is 0 Å².